The Bertz CT molecular complexity index is 91.5. The van der Waals surface area contributed by atoms with Crippen molar-refractivity contribution in [2.45, 2.75) is 51.0 Å². The third-order valence-corrected chi connectivity index (χ3v) is 9.30. The third kappa shape index (κ3) is 2.31. The van der Waals surface area contributed by atoms with Gasteiger partial charge in [0.25, 0.3) is 0 Å². The number of rotatable bonds is 5. The van der Waals surface area contributed by atoms with E-state index >= 15 is 0 Å². The first kappa shape index (κ1) is 11.2. The van der Waals surface area contributed by atoms with Crippen LogP contribution in [0.4, 0.5) is 0 Å². The van der Waals surface area contributed by atoms with Gasteiger partial charge in [-0.2, -0.15) is 0 Å². The summed E-state index contributed by atoms with van der Waals surface area (Å²) in [5.41, 5.74) is 6.50. The van der Waals surface area contributed by atoms with Gasteiger partial charge in [0.1, 0.15) is 0 Å². The van der Waals surface area contributed by atoms with Gasteiger partial charge in [0.15, 0.2) is 0 Å². The topological polar surface area (TPSA) is 26.0 Å². The quantitative estimate of drug-likeness (QED) is 0.634. The first-order chi connectivity index (χ1) is 5.16. The molecule has 0 saturated carbocycles. The number of nitrogens with two attached hydrogens (primary N) is 1. The molecule has 0 aliphatic heterocycles. The first-order valence-corrected chi connectivity index (χ1v) is 7.41. The summed E-state index contributed by atoms with van der Waals surface area (Å²) in [6.07, 6.45) is 0.918. The van der Waals surface area contributed by atoms with Crippen LogP contribution in [0.2, 0.25) is 18.1 Å². The highest BCUT2D eigenvalue weighted by Gasteiger charge is 2.32. The Balaban J connectivity index is 4.26. The monoisotopic (exact) mass is 172 g/mol. The molecule has 0 rings (SSSR count). The van der Waals surface area contributed by atoms with E-state index in [1.54, 1.807) is 0 Å². The van der Waals surface area contributed by atoms with Crippen molar-refractivity contribution in [3.05, 3.63) is 6.92 Å². The largest absolute Gasteiger partial charge is 0.330 e. The van der Waals surface area contributed by atoms with E-state index in [-0.39, 0.29) is 0 Å². The van der Waals surface area contributed by atoms with Crippen molar-refractivity contribution in [1.29, 1.82) is 0 Å². The first-order valence-electron chi connectivity index (χ1n) is 4.71. The van der Waals surface area contributed by atoms with Gasteiger partial charge in [0, 0.05) is 0 Å². The van der Waals surface area contributed by atoms with Crippen LogP contribution in [0.5, 0.6) is 0 Å². The Morgan fingerprint density at radius 1 is 1.18 bits per heavy atom. The van der Waals surface area contributed by atoms with Gasteiger partial charge in [-0.1, -0.05) is 45.8 Å². The molecule has 0 amide bonds. The standard InChI is InChI=1S/C9H22NSi/c1-5-9(10)11(6-2,7-3)8-4/h9H,1,5-8,10H2,2-4H3. The van der Waals surface area contributed by atoms with Crippen LogP contribution in [-0.4, -0.2) is 13.7 Å². The molecule has 1 nitrogen and oxygen atoms in total. The van der Waals surface area contributed by atoms with Crippen molar-refractivity contribution in [2.75, 3.05) is 0 Å². The molecule has 1 atom stereocenters. The second-order valence-electron chi connectivity index (χ2n) is 3.32. The lowest BCUT2D eigenvalue weighted by Crippen LogP contribution is -2.50. The van der Waals surface area contributed by atoms with Gasteiger partial charge < -0.3 is 5.73 Å². The maximum Gasteiger partial charge on any atom is 0.0715 e. The van der Waals surface area contributed by atoms with Crippen LogP contribution in [0.3, 0.4) is 0 Å². The molecule has 67 valence electrons. The average Bonchev–Trinajstić information content (AvgIpc) is 2.08. The molecule has 11 heavy (non-hydrogen) atoms. The van der Waals surface area contributed by atoms with Crippen molar-refractivity contribution in [2.24, 2.45) is 5.73 Å². The number of hydrogen-bond acceptors (Lipinski definition) is 1. The number of hydrogen-bond donors (Lipinski definition) is 1. The second kappa shape index (κ2) is 4.94. The summed E-state index contributed by atoms with van der Waals surface area (Å²) in [4.78, 5) is 0. The van der Waals surface area contributed by atoms with Crippen molar-refractivity contribution in [1.82, 2.24) is 0 Å². The maximum atomic E-state index is 6.08. The third-order valence-electron chi connectivity index (χ3n) is 3.21. The molecule has 2 heteroatoms. The van der Waals surface area contributed by atoms with Crippen LogP contribution in [0, 0.1) is 6.92 Å². The van der Waals surface area contributed by atoms with Gasteiger partial charge in [-0.25, -0.2) is 0 Å². The van der Waals surface area contributed by atoms with Gasteiger partial charge >= 0.3 is 0 Å². The van der Waals surface area contributed by atoms with Crippen molar-refractivity contribution >= 4 is 8.07 Å². The van der Waals surface area contributed by atoms with Gasteiger partial charge in [0.05, 0.1) is 8.07 Å². The molecule has 1 radical (unpaired) electrons. The molecule has 0 aromatic heterocycles. The molecule has 0 spiro atoms. The summed E-state index contributed by atoms with van der Waals surface area (Å²) < 4.78 is 0. The highest BCUT2D eigenvalue weighted by molar-refractivity contribution is 6.81. The molecule has 0 aromatic rings. The van der Waals surface area contributed by atoms with Gasteiger partial charge in [-0.05, 0) is 12.1 Å². The molecular weight excluding hydrogens is 150 g/mol. The van der Waals surface area contributed by atoms with Crippen molar-refractivity contribution in [3.8, 4) is 0 Å². The summed E-state index contributed by atoms with van der Waals surface area (Å²) in [6, 6.07) is 3.95. The fourth-order valence-electron chi connectivity index (χ4n) is 1.84. The fraction of sp³-hybridized carbons (Fsp3) is 0.889. The van der Waals surface area contributed by atoms with Gasteiger partial charge in [-0.15, -0.1) is 0 Å². The zero-order valence-electron chi connectivity index (χ0n) is 8.19. The predicted molar refractivity (Wildman–Crippen MR) is 55.1 cm³/mol. The molecule has 0 saturated heterocycles. The van der Waals surface area contributed by atoms with Crippen molar-refractivity contribution < 1.29 is 0 Å². The lowest BCUT2D eigenvalue weighted by atomic mass is 10.5. The van der Waals surface area contributed by atoms with Crippen LogP contribution in [0.1, 0.15) is 27.2 Å². The Morgan fingerprint density at radius 2 is 1.55 bits per heavy atom. The molecule has 0 aromatic carbocycles. The lowest BCUT2D eigenvalue weighted by Gasteiger charge is -2.33. The highest BCUT2D eigenvalue weighted by atomic mass is 28.3. The zero-order valence-corrected chi connectivity index (χ0v) is 9.19. The molecule has 0 bridgehead atoms. The minimum Gasteiger partial charge on any atom is -0.330 e. The van der Waals surface area contributed by atoms with E-state index in [1.165, 1.54) is 18.1 Å². The molecule has 0 heterocycles. The molecule has 1 unspecified atom stereocenters. The minimum atomic E-state index is -1.11. The van der Waals surface area contributed by atoms with Crippen LogP contribution < -0.4 is 5.73 Å². The Labute approximate surface area is 72.4 Å². The predicted octanol–water partition coefficient (Wildman–Crippen LogP) is 2.59. The Hall–Kier alpha value is 0.177. The summed E-state index contributed by atoms with van der Waals surface area (Å²) in [6.45, 7) is 10.8. The second-order valence-corrected chi connectivity index (χ2v) is 8.91. The Morgan fingerprint density at radius 3 is 1.64 bits per heavy atom. The van der Waals surface area contributed by atoms with Crippen LogP contribution in [0.25, 0.3) is 0 Å². The van der Waals surface area contributed by atoms with E-state index in [2.05, 4.69) is 27.7 Å². The van der Waals surface area contributed by atoms with E-state index in [0.29, 0.717) is 5.67 Å². The van der Waals surface area contributed by atoms with Crippen LogP contribution >= 0.6 is 0 Å². The summed E-state index contributed by atoms with van der Waals surface area (Å²) in [7, 11) is -1.11. The molecule has 2 N–H and O–H groups in total. The van der Waals surface area contributed by atoms with Gasteiger partial charge in [-0.3, -0.25) is 0 Å². The summed E-state index contributed by atoms with van der Waals surface area (Å²) in [5.74, 6) is 0. The van der Waals surface area contributed by atoms with Gasteiger partial charge in [0.2, 0.25) is 0 Å². The zero-order chi connectivity index (χ0) is 8.91. The lowest BCUT2D eigenvalue weighted by molar-refractivity contribution is 0.837. The fourth-order valence-corrected chi connectivity index (χ4v) is 5.53. The van der Waals surface area contributed by atoms with E-state index in [4.69, 9.17) is 5.73 Å². The Kier molecular flexibility index (Phi) is 5.02. The minimum absolute atomic E-state index is 0.419. The van der Waals surface area contributed by atoms with E-state index in [9.17, 15) is 0 Å². The van der Waals surface area contributed by atoms with E-state index in [0.717, 1.165) is 6.42 Å². The van der Waals surface area contributed by atoms with E-state index < -0.39 is 8.07 Å². The summed E-state index contributed by atoms with van der Waals surface area (Å²) >= 11 is 0. The molecule has 0 aliphatic rings. The van der Waals surface area contributed by atoms with Crippen LogP contribution in [0.15, 0.2) is 0 Å². The average molecular weight is 172 g/mol. The normalized spacial score (nSPS) is 15.0. The highest BCUT2D eigenvalue weighted by Crippen LogP contribution is 2.24. The maximum absolute atomic E-state index is 6.08. The van der Waals surface area contributed by atoms with Crippen LogP contribution in [-0.2, 0) is 0 Å². The smallest absolute Gasteiger partial charge is 0.0715 e. The van der Waals surface area contributed by atoms with E-state index in [1.807, 2.05) is 0 Å². The molecule has 0 fully saturated rings. The van der Waals surface area contributed by atoms with Crippen molar-refractivity contribution in [3.63, 3.8) is 0 Å². The SMILES string of the molecule is [CH2]CC(N)[Si](CC)(CC)CC. The summed E-state index contributed by atoms with van der Waals surface area (Å²) in [5, 5.41) is 0. The molecular formula is C9H22NSi. The molecule has 0 aliphatic carbocycles.